The third-order valence-electron chi connectivity index (χ3n) is 5.18. The van der Waals surface area contributed by atoms with Gasteiger partial charge in [0.05, 0.1) is 12.6 Å². The standard InChI is InChI=1S/C20H37N5O8/c1-3-11(2)16(25-17(29)12(22)6-4-5-9-21)19(31)24-14(10-26)18(30)23-13(20(32)33)7-8-15(27)28/h11-14,16,26H,3-10,21-22H2,1-2H3,(H,23,30)(H,24,31)(H,25,29)(H,27,28)(H,32,33). The Kier molecular flexibility index (Phi) is 14.6. The fourth-order valence-electron chi connectivity index (χ4n) is 2.86. The Balaban J connectivity index is 5.21. The highest BCUT2D eigenvalue weighted by molar-refractivity contribution is 5.94. The van der Waals surface area contributed by atoms with Crippen molar-refractivity contribution in [1.82, 2.24) is 16.0 Å². The predicted molar refractivity (Wildman–Crippen MR) is 118 cm³/mol. The number of hydrogen-bond donors (Lipinski definition) is 8. The van der Waals surface area contributed by atoms with Crippen molar-refractivity contribution in [3.8, 4) is 0 Å². The molecule has 0 spiro atoms. The highest BCUT2D eigenvalue weighted by Gasteiger charge is 2.32. The van der Waals surface area contributed by atoms with Crippen LogP contribution < -0.4 is 27.4 Å². The van der Waals surface area contributed by atoms with E-state index in [0.717, 1.165) is 0 Å². The summed E-state index contributed by atoms with van der Waals surface area (Å²) in [4.78, 5) is 59.6. The number of unbranched alkanes of at least 4 members (excludes halogenated alkanes) is 1. The molecule has 0 saturated heterocycles. The normalized spacial score (nSPS) is 15.4. The molecule has 190 valence electrons. The molecule has 5 atom stereocenters. The minimum absolute atomic E-state index is 0.338. The van der Waals surface area contributed by atoms with Crippen LogP contribution in [0.15, 0.2) is 0 Å². The van der Waals surface area contributed by atoms with Gasteiger partial charge in [-0.15, -0.1) is 0 Å². The van der Waals surface area contributed by atoms with Crippen LogP contribution >= 0.6 is 0 Å². The summed E-state index contributed by atoms with van der Waals surface area (Å²) >= 11 is 0. The minimum Gasteiger partial charge on any atom is -0.481 e. The van der Waals surface area contributed by atoms with Crippen molar-refractivity contribution in [1.29, 1.82) is 0 Å². The van der Waals surface area contributed by atoms with E-state index in [2.05, 4.69) is 16.0 Å². The maximum absolute atomic E-state index is 12.8. The van der Waals surface area contributed by atoms with Crippen molar-refractivity contribution in [2.24, 2.45) is 17.4 Å². The van der Waals surface area contributed by atoms with E-state index in [1.807, 2.05) is 0 Å². The van der Waals surface area contributed by atoms with Crippen LogP contribution in [-0.2, 0) is 24.0 Å². The lowest BCUT2D eigenvalue weighted by atomic mass is 9.97. The Morgan fingerprint density at radius 1 is 0.879 bits per heavy atom. The number of aliphatic hydroxyl groups excluding tert-OH is 1. The van der Waals surface area contributed by atoms with Crippen LogP contribution in [0, 0.1) is 5.92 Å². The van der Waals surface area contributed by atoms with Crippen LogP contribution in [0.3, 0.4) is 0 Å². The molecule has 0 aliphatic heterocycles. The zero-order chi connectivity index (χ0) is 25.6. The number of nitrogens with two attached hydrogens (primary N) is 2. The molecule has 0 aromatic carbocycles. The fraction of sp³-hybridized carbons (Fsp3) is 0.750. The first-order valence-electron chi connectivity index (χ1n) is 10.9. The van der Waals surface area contributed by atoms with Gasteiger partial charge in [0.1, 0.15) is 18.1 Å². The maximum Gasteiger partial charge on any atom is 0.326 e. The topological polar surface area (TPSA) is 234 Å². The number of rotatable bonds is 17. The molecule has 10 N–H and O–H groups in total. The average molecular weight is 476 g/mol. The smallest absolute Gasteiger partial charge is 0.326 e. The molecular formula is C20H37N5O8. The molecule has 0 heterocycles. The second-order valence-electron chi connectivity index (χ2n) is 7.84. The van der Waals surface area contributed by atoms with Crippen molar-refractivity contribution < 1.29 is 39.3 Å². The molecule has 3 amide bonds. The summed E-state index contributed by atoms with van der Waals surface area (Å²) < 4.78 is 0. The summed E-state index contributed by atoms with van der Waals surface area (Å²) in [7, 11) is 0. The molecule has 0 bridgehead atoms. The third kappa shape index (κ3) is 11.6. The first kappa shape index (κ1) is 30.2. The number of aliphatic hydroxyl groups is 1. The third-order valence-corrected chi connectivity index (χ3v) is 5.18. The van der Waals surface area contributed by atoms with Gasteiger partial charge in [0.2, 0.25) is 17.7 Å². The van der Waals surface area contributed by atoms with Gasteiger partial charge in [-0.1, -0.05) is 26.7 Å². The molecule has 0 saturated carbocycles. The molecule has 33 heavy (non-hydrogen) atoms. The summed E-state index contributed by atoms with van der Waals surface area (Å²) in [6.45, 7) is 3.14. The number of aliphatic carboxylic acids is 2. The van der Waals surface area contributed by atoms with Crippen LogP contribution in [0.2, 0.25) is 0 Å². The van der Waals surface area contributed by atoms with Gasteiger partial charge in [0, 0.05) is 6.42 Å². The zero-order valence-electron chi connectivity index (χ0n) is 19.1. The first-order chi connectivity index (χ1) is 15.5. The van der Waals surface area contributed by atoms with E-state index >= 15 is 0 Å². The number of hydrogen-bond acceptors (Lipinski definition) is 8. The molecule has 13 nitrogen and oxygen atoms in total. The first-order valence-corrected chi connectivity index (χ1v) is 10.9. The predicted octanol–water partition coefficient (Wildman–Crippen LogP) is -2.12. The number of amides is 3. The molecule has 5 unspecified atom stereocenters. The summed E-state index contributed by atoms with van der Waals surface area (Å²) in [6, 6.07) is -4.92. The van der Waals surface area contributed by atoms with Gasteiger partial charge in [-0.25, -0.2) is 4.79 Å². The minimum atomic E-state index is -1.52. The van der Waals surface area contributed by atoms with E-state index in [1.165, 1.54) is 0 Å². The number of carbonyl (C=O) groups excluding carboxylic acids is 3. The van der Waals surface area contributed by atoms with Crippen LogP contribution in [0.5, 0.6) is 0 Å². The summed E-state index contributed by atoms with van der Waals surface area (Å²) in [5.41, 5.74) is 11.3. The van der Waals surface area contributed by atoms with Crippen LogP contribution in [0.1, 0.15) is 52.4 Å². The van der Waals surface area contributed by atoms with Crippen LogP contribution in [0.25, 0.3) is 0 Å². The second kappa shape index (κ2) is 15.9. The quantitative estimate of drug-likeness (QED) is 0.106. The molecular weight excluding hydrogens is 438 g/mol. The van der Waals surface area contributed by atoms with E-state index in [-0.39, 0.29) is 12.3 Å². The maximum atomic E-state index is 12.8. The van der Waals surface area contributed by atoms with Crippen molar-refractivity contribution in [3.05, 3.63) is 0 Å². The molecule has 0 aromatic heterocycles. The summed E-state index contributed by atoms with van der Waals surface area (Å²) in [5.74, 6) is -5.33. The van der Waals surface area contributed by atoms with E-state index in [0.29, 0.717) is 32.2 Å². The SMILES string of the molecule is CCC(C)C(NC(=O)C(N)CCCCN)C(=O)NC(CO)C(=O)NC(CCC(=O)O)C(=O)O. The second-order valence-corrected chi connectivity index (χ2v) is 7.84. The van der Waals surface area contributed by atoms with Crippen molar-refractivity contribution in [2.45, 2.75) is 76.5 Å². The Morgan fingerprint density at radius 3 is 1.97 bits per heavy atom. The van der Waals surface area contributed by atoms with Gasteiger partial charge in [-0.3, -0.25) is 19.2 Å². The lowest BCUT2D eigenvalue weighted by Crippen LogP contribution is -2.59. The Morgan fingerprint density at radius 2 is 1.48 bits per heavy atom. The van der Waals surface area contributed by atoms with Crippen LogP contribution in [-0.4, -0.2) is 82.3 Å². The van der Waals surface area contributed by atoms with Crippen LogP contribution in [0.4, 0.5) is 0 Å². The van der Waals surface area contributed by atoms with Crippen molar-refractivity contribution >= 4 is 29.7 Å². The zero-order valence-corrected chi connectivity index (χ0v) is 19.1. The molecule has 0 aliphatic rings. The number of nitrogens with one attached hydrogen (secondary N) is 3. The van der Waals surface area contributed by atoms with Gasteiger partial charge >= 0.3 is 11.9 Å². The monoisotopic (exact) mass is 475 g/mol. The van der Waals surface area contributed by atoms with E-state index in [9.17, 15) is 29.1 Å². The molecule has 0 aromatic rings. The average Bonchev–Trinajstić information content (AvgIpc) is 2.76. The van der Waals surface area contributed by atoms with Gasteiger partial charge in [0.25, 0.3) is 0 Å². The highest BCUT2D eigenvalue weighted by atomic mass is 16.4. The van der Waals surface area contributed by atoms with Gasteiger partial charge in [-0.2, -0.15) is 0 Å². The highest BCUT2D eigenvalue weighted by Crippen LogP contribution is 2.10. The lowest BCUT2D eigenvalue weighted by molar-refractivity contribution is -0.143. The molecule has 0 radical (unpaired) electrons. The molecule has 13 heteroatoms. The van der Waals surface area contributed by atoms with E-state index in [4.69, 9.17) is 21.7 Å². The van der Waals surface area contributed by atoms with E-state index in [1.54, 1.807) is 13.8 Å². The number of carbonyl (C=O) groups is 5. The lowest BCUT2D eigenvalue weighted by Gasteiger charge is -2.27. The Hall–Kier alpha value is -2.77. The molecule has 0 fully saturated rings. The summed E-state index contributed by atoms with van der Waals surface area (Å²) in [6.07, 6.45) is 1.36. The largest absolute Gasteiger partial charge is 0.481 e. The van der Waals surface area contributed by atoms with Crippen molar-refractivity contribution in [3.63, 3.8) is 0 Å². The molecule has 0 aliphatic carbocycles. The van der Waals surface area contributed by atoms with Crippen molar-refractivity contribution in [2.75, 3.05) is 13.2 Å². The van der Waals surface area contributed by atoms with Gasteiger partial charge < -0.3 is 42.7 Å². The Labute approximate surface area is 192 Å². The fourth-order valence-corrected chi connectivity index (χ4v) is 2.86. The molecule has 0 rings (SSSR count). The van der Waals surface area contributed by atoms with Gasteiger partial charge in [-0.05, 0) is 31.7 Å². The summed E-state index contributed by atoms with van der Waals surface area (Å²) in [5, 5.41) is 34.4. The van der Waals surface area contributed by atoms with Gasteiger partial charge in [0.15, 0.2) is 0 Å². The number of carboxylic acid groups (broad SMARTS) is 2. The van der Waals surface area contributed by atoms with E-state index < -0.39 is 66.9 Å². The Bertz CT molecular complexity index is 675. The number of carboxylic acids is 2.